The zero-order chi connectivity index (χ0) is 14.7. The molecule has 0 fully saturated rings. The predicted octanol–water partition coefficient (Wildman–Crippen LogP) is 4.67. The third-order valence-corrected chi connectivity index (χ3v) is 3.89. The Balaban J connectivity index is 2.25. The van der Waals surface area contributed by atoms with E-state index in [9.17, 15) is 0 Å². The minimum atomic E-state index is 0.926. The van der Waals surface area contributed by atoms with Crippen molar-refractivity contribution >= 4 is 27.8 Å². The molecule has 0 aromatic heterocycles. The van der Waals surface area contributed by atoms with Crippen molar-refractivity contribution in [1.82, 2.24) is 5.01 Å². The lowest BCUT2D eigenvalue weighted by Crippen LogP contribution is -2.15. The molecular formula is C19H20N2. The Morgan fingerprint density at radius 2 is 1.38 bits per heavy atom. The number of hydrogen-bond acceptors (Lipinski definition) is 2. The fourth-order valence-electron chi connectivity index (χ4n) is 2.71. The van der Waals surface area contributed by atoms with Crippen molar-refractivity contribution in [2.75, 3.05) is 13.1 Å². The van der Waals surface area contributed by atoms with Crippen molar-refractivity contribution in [2.24, 2.45) is 5.10 Å². The van der Waals surface area contributed by atoms with Gasteiger partial charge in [-0.15, -0.1) is 0 Å². The standard InChI is InChI=1S/C19H20N2/c1-3-21(4-2)20-14-19-17-11-7-5-9-15(17)13-16-10-6-8-12-18(16)19/h5-14H,3-4H2,1-2H3/b20-14+. The summed E-state index contributed by atoms with van der Waals surface area (Å²) in [6.45, 7) is 6.11. The zero-order valence-corrected chi connectivity index (χ0v) is 12.6. The molecule has 0 amide bonds. The van der Waals surface area contributed by atoms with Crippen LogP contribution >= 0.6 is 0 Å². The van der Waals surface area contributed by atoms with Crippen molar-refractivity contribution in [1.29, 1.82) is 0 Å². The van der Waals surface area contributed by atoms with E-state index < -0.39 is 0 Å². The number of benzene rings is 3. The first-order valence-corrected chi connectivity index (χ1v) is 7.53. The molecule has 21 heavy (non-hydrogen) atoms. The summed E-state index contributed by atoms with van der Waals surface area (Å²) < 4.78 is 0. The lowest BCUT2D eigenvalue weighted by molar-refractivity contribution is 0.323. The molecule has 0 saturated carbocycles. The zero-order valence-electron chi connectivity index (χ0n) is 12.6. The quantitative estimate of drug-likeness (QED) is 0.384. The van der Waals surface area contributed by atoms with E-state index in [2.05, 4.69) is 78.6 Å². The van der Waals surface area contributed by atoms with Gasteiger partial charge >= 0.3 is 0 Å². The fourth-order valence-corrected chi connectivity index (χ4v) is 2.71. The highest BCUT2D eigenvalue weighted by atomic mass is 15.4. The summed E-state index contributed by atoms with van der Waals surface area (Å²) in [5.74, 6) is 0. The first-order chi connectivity index (χ1) is 10.3. The monoisotopic (exact) mass is 276 g/mol. The van der Waals surface area contributed by atoms with Gasteiger partial charge in [0.05, 0.1) is 6.21 Å². The van der Waals surface area contributed by atoms with Crippen molar-refractivity contribution in [3.05, 3.63) is 60.2 Å². The van der Waals surface area contributed by atoms with Crippen LogP contribution in [0.4, 0.5) is 0 Å². The van der Waals surface area contributed by atoms with Crippen LogP contribution in [0.3, 0.4) is 0 Å². The van der Waals surface area contributed by atoms with E-state index >= 15 is 0 Å². The molecule has 2 heteroatoms. The van der Waals surface area contributed by atoms with Crippen LogP contribution in [0.15, 0.2) is 59.7 Å². The summed E-state index contributed by atoms with van der Waals surface area (Å²) in [4.78, 5) is 0. The average Bonchev–Trinajstić information content (AvgIpc) is 2.54. The van der Waals surface area contributed by atoms with Gasteiger partial charge in [0.1, 0.15) is 0 Å². The van der Waals surface area contributed by atoms with Crippen LogP contribution in [0.1, 0.15) is 19.4 Å². The number of rotatable bonds is 4. The highest BCUT2D eigenvalue weighted by molar-refractivity contribution is 6.13. The van der Waals surface area contributed by atoms with Gasteiger partial charge in [0.2, 0.25) is 0 Å². The van der Waals surface area contributed by atoms with Gasteiger partial charge in [0.15, 0.2) is 0 Å². The van der Waals surface area contributed by atoms with Gasteiger partial charge in [-0.1, -0.05) is 48.5 Å². The van der Waals surface area contributed by atoms with E-state index in [-0.39, 0.29) is 0 Å². The fraction of sp³-hybridized carbons (Fsp3) is 0.211. The molecule has 3 aromatic carbocycles. The molecule has 0 atom stereocenters. The van der Waals surface area contributed by atoms with Gasteiger partial charge in [-0.2, -0.15) is 5.10 Å². The first-order valence-electron chi connectivity index (χ1n) is 7.53. The van der Waals surface area contributed by atoms with Crippen molar-refractivity contribution in [3.63, 3.8) is 0 Å². The third kappa shape index (κ3) is 2.62. The second kappa shape index (κ2) is 5.96. The maximum absolute atomic E-state index is 4.64. The molecule has 0 spiro atoms. The Morgan fingerprint density at radius 3 is 1.90 bits per heavy atom. The summed E-state index contributed by atoms with van der Waals surface area (Å²) in [6.07, 6.45) is 2.01. The Bertz CT molecular complexity index is 732. The number of fused-ring (bicyclic) bond motifs is 2. The second-order valence-corrected chi connectivity index (χ2v) is 5.12. The number of hydrazone groups is 1. The van der Waals surface area contributed by atoms with Gasteiger partial charge in [0, 0.05) is 18.7 Å². The topological polar surface area (TPSA) is 15.6 Å². The average molecular weight is 276 g/mol. The van der Waals surface area contributed by atoms with Crippen LogP contribution in [0, 0.1) is 0 Å². The number of hydrogen-bond donors (Lipinski definition) is 0. The molecule has 2 nitrogen and oxygen atoms in total. The highest BCUT2D eigenvalue weighted by Gasteiger charge is 2.05. The maximum Gasteiger partial charge on any atom is 0.0555 e. The molecule has 3 rings (SSSR count). The Hall–Kier alpha value is -2.35. The van der Waals surface area contributed by atoms with Crippen LogP contribution in [-0.2, 0) is 0 Å². The molecular weight excluding hydrogens is 256 g/mol. The van der Waals surface area contributed by atoms with E-state index in [4.69, 9.17) is 0 Å². The minimum Gasteiger partial charge on any atom is -0.298 e. The van der Waals surface area contributed by atoms with Gasteiger partial charge in [-0.05, 0) is 41.5 Å². The van der Waals surface area contributed by atoms with Crippen LogP contribution < -0.4 is 0 Å². The Kier molecular flexibility index (Phi) is 3.87. The summed E-state index contributed by atoms with van der Waals surface area (Å²) in [6, 6.07) is 19.3. The lowest BCUT2D eigenvalue weighted by Gasteiger charge is -2.14. The summed E-state index contributed by atoms with van der Waals surface area (Å²) >= 11 is 0. The second-order valence-electron chi connectivity index (χ2n) is 5.12. The first kappa shape index (κ1) is 13.6. The predicted molar refractivity (Wildman–Crippen MR) is 92.0 cm³/mol. The van der Waals surface area contributed by atoms with Gasteiger partial charge in [-0.25, -0.2) is 0 Å². The van der Waals surface area contributed by atoms with Gasteiger partial charge in [0.25, 0.3) is 0 Å². The summed E-state index contributed by atoms with van der Waals surface area (Å²) in [5, 5.41) is 11.7. The summed E-state index contributed by atoms with van der Waals surface area (Å²) in [7, 11) is 0. The Labute approximate surface area is 125 Å². The molecule has 0 aliphatic rings. The molecule has 0 saturated heterocycles. The molecule has 0 aliphatic heterocycles. The summed E-state index contributed by atoms with van der Waals surface area (Å²) in [5.41, 5.74) is 1.20. The van der Waals surface area contributed by atoms with Crippen molar-refractivity contribution in [3.8, 4) is 0 Å². The molecule has 3 aromatic rings. The molecule has 0 N–H and O–H groups in total. The van der Waals surface area contributed by atoms with E-state index in [1.54, 1.807) is 0 Å². The molecule has 0 heterocycles. The van der Waals surface area contributed by atoms with E-state index in [1.807, 2.05) is 6.21 Å². The van der Waals surface area contributed by atoms with Crippen molar-refractivity contribution < 1.29 is 0 Å². The van der Waals surface area contributed by atoms with Gasteiger partial charge in [-0.3, -0.25) is 5.01 Å². The molecule has 0 unspecified atom stereocenters. The highest BCUT2D eigenvalue weighted by Crippen LogP contribution is 2.27. The third-order valence-electron chi connectivity index (χ3n) is 3.89. The largest absolute Gasteiger partial charge is 0.298 e. The molecule has 0 radical (unpaired) electrons. The molecule has 106 valence electrons. The van der Waals surface area contributed by atoms with Crippen molar-refractivity contribution in [2.45, 2.75) is 13.8 Å². The van der Waals surface area contributed by atoms with Crippen LogP contribution in [0.5, 0.6) is 0 Å². The van der Waals surface area contributed by atoms with Crippen LogP contribution in [0.25, 0.3) is 21.5 Å². The number of nitrogens with zero attached hydrogens (tertiary/aromatic N) is 2. The maximum atomic E-state index is 4.64. The van der Waals surface area contributed by atoms with E-state index in [0.717, 1.165) is 13.1 Å². The smallest absolute Gasteiger partial charge is 0.0555 e. The van der Waals surface area contributed by atoms with Crippen LogP contribution in [0.2, 0.25) is 0 Å². The minimum absolute atomic E-state index is 0.926. The SMILES string of the molecule is CCN(CC)/N=C/c1c2ccccc2cc2ccccc12. The van der Waals surface area contributed by atoms with Crippen LogP contribution in [-0.4, -0.2) is 24.3 Å². The van der Waals surface area contributed by atoms with E-state index in [0.29, 0.717) is 0 Å². The normalized spacial score (nSPS) is 11.5. The lowest BCUT2D eigenvalue weighted by atomic mass is 9.97. The van der Waals surface area contributed by atoms with E-state index in [1.165, 1.54) is 27.1 Å². The molecule has 0 bridgehead atoms. The molecule has 0 aliphatic carbocycles. The Morgan fingerprint density at radius 1 is 0.857 bits per heavy atom. The van der Waals surface area contributed by atoms with Gasteiger partial charge < -0.3 is 0 Å².